The Kier molecular flexibility index (Phi) is 4.85. The Morgan fingerprint density at radius 2 is 2.08 bits per heavy atom. The molecule has 0 aliphatic carbocycles. The van der Waals surface area contributed by atoms with Crippen molar-refractivity contribution in [3.05, 3.63) is 35.6 Å². The third-order valence-corrected chi connectivity index (χ3v) is 5.21. The van der Waals surface area contributed by atoms with Crippen molar-refractivity contribution in [2.45, 2.75) is 25.7 Å². The summed E-state index contributed by atoms with van der Waals surface area (Å²) in [6.07, 6.45) is 2.44. The van der Waals surface area contributed by atoms with E-state index in [0.717, 1.165) is 5.56 Å². The van der Waals surface area contributed by atoms with Crippen molar-refractivity contribution in [3.63, 3.8) is 0 Å². The Labute approximate surface area is 140 Å². The van der Waals surface area contributed by atoms with Crippen LogP contribution in [0, 0.1) is 17.2 Å². The number of nitrogens with zero attached hydrogens (tertiary/aromatic N) is 1. The van der Waals surface area contributed by atoms with Gasteiger partial charge in [-0.1, -0.05) is 12.1 Å². The molecule has 6 heteroatoms. The van der Waals surface area contributed by atoms with Gasteiger partial charge in [-0.25, -0.2) is 4.39 Å². The van der Waals surface area contributed by atoms with E-state index in [1.54, 1.807) is 17.0 Å². The molecule has 2 fully saturated rings. The van der Waals surface area contributed by atoms with E-state index in [1.807, 2.05) is 0 Å². The molecule has 5 nitrogen and oxygen atoms in total. The number of amides is 1. The van der Waals surface area contributed by atoms with Crippen LogP contribution in [0.5, 0.6) is 0 Å². The predicted octanol–water partition coefficient (Wildman–Crippen LogP) is 2.10. The molecule has 24 heavy (non-hydrogen) atoms. The molecule has 1 aromatic rings. The number of hydrogen-bond donors (Lipinski definition) is 1. The van der Waals surface area contributed by atoms with Gasteiger partial charge < -0.3 is 14.7 Å². The Bertz CT molecular complexity index is 618. The molecular formula is C18H22FNO4. The number of carboxylic acid groups (broad SMARTS) is 1. The van der Waals surface area contributed by atoms with E-state index < -0.39 is 11.4 Å². The quantitative estimate of drug-likeness (QED) is 0.895. The van der Waals surface area contributed by atoms with Crippen LogP contribution in [0.15, 0.2) is 24.3 Å². The second-order valence-corrected chi connectivity index (χ2v) is 6.75. The minimum atomic E-state index is -0.940. The first-order valence-electron chi connectivity index (χ1n) is 8.35. The molecular weight excluding hydrogens is 313 g/mol. The zero-order valence-electron chi connectivity index (χ0n) is 13.5. The van der Waals surface area contributed by atoms with E-state index >= 15 is 0 Å². The number of carbonyl (C=O) groups excluding carboxylic acids is 1. The van der Waals surface area contributed by atoms with Crippen molar-refractivity contribution >= 4 is 11.9 Å². The molecule has 2 atom stereocenters. The summed E-state index contributed by atoms with van der Waals surface area (Å²) in [5.74, 6) is -1.17. The van der Waals surface area contributed by atoms with Gasteiger partial charge in [-0.15, -0.1) is 0 Å². The number of rotatable bonds is 5. The summed E-state index contributed by atoms with van der Waals surface area (Å²) in [4.78, 5) is 25.8. The normalized spacial score (nSPS) is 26.2. The van der Waals surface area contributed by atoms with Crippen LogP contribution in [0.4, 0.5) is 4.39 Å². The average molecular weight is 335 g/mol. The van der Waals surface area contributed by atoms with Crippen molar-refractivity contribution in [1.29, 1.82) is 0 Å². The SMILES string of the molecule is O=C(CCCc1ccc(F)cc1)N1C[C@@H]2CCOC[C@]2(C(=O)O)C1. The molecule has 1 amide bonds. The second kappa shape index (κ2) is 6.89. The summed E-state index contributed by atoms with van der Waals surface area (Å²) in [5, 5.41) is 9.60. The summed E-state index contributed by atoms with van der Waals surface area (Å²) in [6.45, 7) is 1.49. The van der Waals surface area contributed by atoms with Crippen molar-refractivity contribution in [3.8, 4) is 0 Å². The third kappa shape index (κ3) is 3.29. The lowest BCUT2D eigenvalue weighted by molar-refractivity contribution is -0.159. The minimum absolute atomic E-state index is 0.00728. The molecule has 0 radical (unpaired) electrons. The maximum absolute atomic E-state index is 12.9. The highest BCUT2D eigenvalue weighted by Crippen LogP contribution is 2.41. The number of ether oxygens (including phenoxy) is 1. The predicted molar refractivity (Wildman–Crippen MR) is 84.9 cm³/mol. The molecule has 0 unspecified atom stereocenters. The standard InChI is InChI=1S/C18H22FNO4/c19-15-6-4-13(5-7-15)2-1-3-16(21)20-10-14-8-9-24-12-18(14,11-20)17(22)23/h4-7,14H,1-3,8-12H2,(H,22,23)/t14-,18+/m0/s1. The minimum Gasteiger partial charge on any atom is -0.481 e. The maximum Gasteiger partial charge on any atom is 0.314 e. The van der Waals surface area contributed by atoms with Crippen molar-refractivity contribution in [1.82, 2.24) is 4.90 Å². The summed E-state index contributed by atoms with van der Waals surface area (Å²) >= 11 is 0. The first-order chi connectivity index (χ1) is 11.5. The van der Waals surface area contributed by atoms with E-state index in [-0.39, 0.29) is 30.8 Å². The molecule has 2 saturated heterocycles. The molecule has 130 valence electrons. The number of hydrogen-bond acceptors (Lipinski definition) is 3. The monoisotopic (exact) mass is 335 g/mol. The van der Waals surface area contributed by atoms with Gasteiger partial charge in [-0.05, 0) is 42.9 Å². The van der Waals surface area contributed by atoms with Crippen LogP contribution >= 0.6 is 0 Å². The second-order valence-electron chi connectivity index (χ2n) is 6.75. The first kappa shape index (κ1) is 16.9. The highest BCUT2D eigenvalue weighted by molar-refractivity contribution is 5.81. The number of likely N-dealkylation sites (tertiary alicyclic amines) is 1. The van der Waals surface area contributed by atoms with Crippen LogP contribution in [0.2, 0.25) is 0 Å². The van der Waals surface area contributed by atoms with Gasteiger partial charge in [-0.2, -0.15) is 0 Å². The van der Waals surface area contributed by atoms with Crippen molar-refractivity contribution in [2.75, 3.05) is 26.3 Å². The Hall–Kier alpha value is -1.95. The van der Waals surface area contributed by atoms with Crippen LogP contribution in [-0.4, -0.2) is 48.2 Å². The summed E-state index contributed by atoms with van der Waals surface area (Å²) in [7, 11) is 0. The van der Waals surface area contributed by atoms with Crippen LogP contribution < -0.4 is 0 Å². The molecule has 0 bridgehead atoms. The van der Waals surface area contributed by atoms with Gasteiger partial charge in [0.05, 0.1) is 6.61 Å². The Balaban J connectivity index is 1.54. The zero-order valence-corrected chi connectivity index (χ0v) is 13.5. The number of fused-ring (bicyclic) bond motifs is 1. The van der Waals surface area contributed by atoms with Gasteiger partial charge in [0.2, 0.25) is 5.91 Å². The Morgan fingerprint density at radius 1 is 1.33 bits per heavy atom. The van der Waals surface area contributed by atoms with Crippen molar-refractivity contribution in [2.24, 2.45) is 11.3 Å². The summed E-state index contributed by atoms with van der Waals surface area (Å²) in [5.41, 5.74) is 0.0555. The highest BCUT2D eigenvalue weighted by atomic mass is 19.1. The molecule has 0 spiro atoms. The molecule has 1 N–H and O–H groups in total. The molecule has 0 saturated carbocycles. The van der Waals surface area contributed by atoms with E-state index in [2.05, 4.69) is 0 Å². The van der Waals surface area contributed by atoms with Crippen LogP contribution in [0.3, 0.4) is 0 Å². The third-order valence-electron chi connectivity index (χ3n) is 5.21. The zero-order chi connectivity index (χ0) is 17.2. The number of carboxylic acids is 1. The fourth-order valence-electron chi connectivity index (χ4n) is 3.73. The molecule has 2 aliphatic heterocycles. The van der Waals surface area contributed by atoms with E-state index in [0.29, 0.717) is 38.8 Å². The fraction of sp³-hybridized carbons (Fsp3) is 0.556. The molecule has 2 heterocycles. The summed E-state index contributed by atoms with van der Waals surface area (Å²) < 4.78 is 18.2. The number of aliphatic carboxylic acids is 1. The van der Waals surface area contributed by atoms with Gasteiger partial charge >= 0.3 is 5.97 Å². The fourth-order valence-corrected chi connectivity index (χ4v) is 3.73. The lowest BCUT2D eigenvalue weighted by atomic mass is 9.76. The highest BCUT2D eigenvalue weighted by Gasteiger charge is 2.54. The van der Waals surface area contributed by atoms with Gasteiger partial charge in [-0.3, -0.25) is 9.59 Å². The summed E-state index contributed by atoms with van der Waals surface area (Å²) in [6, 6.07) is 6.28. The number of carbonyl (C=O) groups is 2. The number of aryl methyl sites for hydroxylation is 1. The lowest BCUT2D eigenvalue weighted by Gasteiger charge is -2.33. The van der Waals surface area contributed by atoms with Gasteiger partial charge in [0.1, 0.15) is 11.2 Å². The first-order valence-corrected chi connectivity index (χ1v) is 8.35. The van der Waals surface area contributed by atoms with Crippen LogP contribution in [0.25, 0.3) is 0 Å². The van der Waals surface area contributed by atoms with E-state index in [9.17, 15) is 19.1 Å². The average Bonchev–Trinajstić information content (AvgIpc) is 2.98. The number of benzene rings is 1. The van der Waals surface area contributed by atoms with Crippen LogP contribution in [-0.2, 0) is 20.7 Å². The Morgan fingerprint density at radius 3 is 2.75 bits per heavy atom. The maximum atomic E-state index is 12.9. The number of halogens is 1. The smallest absolute Gasteiger partial charge is 0.314 e. The van der Waals surface area contributed by atoms with E-state index in [1.165, 1.54) is 12.1 Å². The van der Waals surface area contributed by atoms with Gasteiger partial charge in [0, 0.05) is 26.1 Å². The topological polar surface area (TPSA) is 66.8 Å². The van der Waals surface area contributed by atoms with Crippen LogP contribution in [0.1, 0.15) is 24.8 Å². The molecule has 2 aliphatic rings. The van der Waals surface area contributed by atoms with Gasteiger partial charge in [0.15, 0.2) is 0 Å². The van der Waals surface area contributed by atoms with Gasteiger partial charge in [0.25, 0.3) is 0 Å². The lowest BCUT2D eigenvalue weighted by Crippen LogP contribution is -2.46. The molecule has 1 aromatic carbocycles. The largest absolute Gasteiger partial charge is 0.481 e. The molecule has 0 aromatic heterocycles. The van der Waals surface area contributed by atoms with E-state index in [4.69, 9.17) is 4.74 Å². The molecule has 3 rings (SSSR count). The van der Waals surface area contributed by atoms with Crippen molar-refractivity contribution < 1.29 is 23.8 Å².